The molecule has 32 heavy (non-hydrogen) atoms. The molecule has 0 aliphatic carbocycles. The Hall–Kier alpha value is -2.97. The van der Waals surface area contributed by atoms with Gasteiger partial charge in [0.1, 0.15) is 13.2 Å². The molecule has 0 spiro atoms. The quantitative estimate of drug-likeness (QED) is 0.396. The van der Waals surface area contributed by atoms with E-state index in [0.717, 1.165) is 22.2 Å². The first-order valence-electron chi connectivity index (χ1n) is 9.78. The number of benzene rings is 2. The normalized spacial score (nSPS) is 14.9. The Morgan fingerprint density at radius 2 is 1.91 bits per heavy atom. The number of amides is 2. The molecule has 1 heterocycles. The summed E-state index contributed by atoms with van der Waals surface area (Å²) in [5.74, 6) is -0.347. The molecule has 1 saturated heterocycles. The van der Waals surface area contributed by atoms with Crippen LogP contribution in [0.1, 0.15) is 25.0 Å². The van der Waals surface area contributed by atoms with Gasteiger partial charge in [0.2, 0.25) is 0 Å². The van der Waals surface area contributed by atoms with Gasteiger partial charge in [0.15, 0.2) is 11.5 Å². The first-order valence-corrected chi connectivity index (χ1v) is 11.0. The van der Waals surface area contributed by atoms with Gasteiger partial charge in [-0.3, -0.25) is 19.3 Å². The lowest BCUT2D eigenvalue weighted by Gasteiger charge is -2.15. The molecule has 2 aromatic rings. The van der Waals surface area contributed by atoms with Gasteiger partial charge >= 0.3 is 5.97 Å². The number of esters is 1. The van der Waals surface area contributed by atoms with Gasteiger partial charge in [-0.1, -0.05) is 41.9 Å². The van der Waals surface area contributed by atoms with E-state index in [9.17, 15) is 14.4 Å². The van der Waals surface area contributed by atoms with Gasteiger partial charge < -0.3 is 14.2 Å². The number of ether oxygens (including phenoxy) is 3. The predicted octanol–water partition coefficient (Wildman–Crippen LogP) is 4.92. The van der Waals surface area contributed by atoms with Crippen LogP contribution in [0.2, 0.25) is 5.02 Å². The third kappa shape index (κ3) is 5.63. The molecule has 168 valence electrons. The Kier molecular flexibility index (Phi) is 7.82. The number of imide groups is 1. The van der Waals surface area contributed by atoms with Crippen LogP contribution in [0.3, 0.4) is 0 Å². The minimum absolute atomic E-state index is 0.170. The maximum absolute atomic E-state index is 12.8. The number of thioether (sulfide) groups is 1. The fourth-order valence-corrected chi connectivity index (χ4v) is 3.95. The average molecular weight is 476 g/mol. The van der Waals surface area contributed by atoms with Crippen molar-refractivity contribution in [1.29, 1.82) is 0 Å². The van der Waals surface area contributed by atoms with Crippen molar-refractivity contribution >= 4 is 46.6 Å². The van der Waals surface area contributed by atoms with Crippen molar-refractivity contribution in [2.45, 2.75) is 26.6 Å². The summed E-state index contributed by atoms with van der Waals surface area (Å²) in [4.78, 5) is 38.0. The van der Waals surface area contributed by atoms with E-state index in [2.05, 4.69) is 0 Å². The zero-order chi connectivity index (χ0) is 23.3. The molecule has 0 N–H and O–H groups in total. The van der Waals surface area contributed by atoms with Gasteiger partial charge in [-0.05, 0) is 43.8 Å². The number of carbonyl (C=O) groups excluding carboxylic acids is 3. The number of methoxy groups -OCH3 is 1. The Morgan fingerprint density at radius 3 is 2.59 bits per heavy atom. The summed E-state index contributed by atoms with van der Waals surface area (Å²) in [5.41, 5.74) is 1.33. The Labute approximate surface area is 195 Å². The minimum Gasteiger partial charge on any atom is -0.493 e. The van der Waals surface area contributed by atoms with Crippen LogP contribution < -0.4 is 9.47 Å². The number of hydrogen-bond donors (Lipinski definition) is 0. The molecule has 1 fully saturated rings. The molecule has 0 unspecified atom stereocenters. The van der Waals surface area contributed by atoms with E-state index >= 15 is 0 Å². The summed E-state index contributed by atoms with van der Waals surface area (Å²) in [6.07, 6.45) is 1.20. The largest absolute Gasteiger partial charge is 0.493 e. The standard InChI is InChI=1S/C23H22ClNO6S/c1-14(2)31-20(26)12-25-22(27)19(32-23(25)28)11-15-8-6-10-18(29-3)21(15)30-13-16-7-4-5-9-17(16)24/h4-11,14H,12-13H2,1-3H3/b19-11-. The fraction of sp³-hybridized carbons (Fsp3) is 0.261. The number of nitrogens with zero attached hydrogens (tertiary/aromatic N) is 1. The number of carbonyl (C=O) groups is 3. The number of hydrogen-bond acceptors (Lipinski definition) is 7. The highest BCUT2D eigenvalue weighted by Crippen LogP contribution is 2.38. The third-order valence-electron chi connectivity index (χ3n) is 4.37. The van der Waals surface area contributed by atoms with Crippen LogP contribution in [-0.2, 0) is 20.9 Å². The molecule has 2 aromatic carbocycles. The van der Waals surface area contributed by atoms with Gasteiger partial charge in [0, 0.05) is 16.1 Å². The third-order valence-corrected chi connectivity index (χ3v) is 5.65. The lowest BCUT2D eigenvalue weighted by atomic mass is 10.1. The highest BCUT2D eigenvalue weighted by Gasteiger charge is 2.37. The van der Waals surface area contributed by atoms with Crippen molar-refractivity contribution in [3.8, 4) is 11.5 Å². The molecule has 0 radical (unpaired) electrons. The number of halogens is 1. The minimum atomic E-state index is -0.645. The van der Waals surface area contributed by atoms with Crippen LogP contribution in [0.15, 0.2) is 47.4 Å². The zero-order valence-electron chi connectivity index (χ0n) is 17.8. The van der Waals surface area contributed by atoms with E-state index in [4.69, 9.17) is 25.8 Å². The van der Waals surface area contributed by atoms with E-state index in [1.54, 1.807) is 44.2 Å². The van der Waals surface area contributed by atoms with Crippen molar-refractivity contribution < 1.29 is 28.6 Å². The summed E-state index contributed by atoms with van der Waals surface area (Å²) in [6.45, 7) is 3.13. The van der Waals surface area contributed by atoms with Gasteiger partial charge in [-0.25, -0.2) is 0 Å². The Morgan fingerprint density at radius 1 is 1.16 bits per heavy atom. The summed E-state index contributed by atoms with van der Waals surface area (Å²) in [6, 6.07) is 12.5. The molecular weight excluding hydrogens is 454 g/mol. The van der Waals surface area contributed by atoms with Crippen molar-refractivity contribution in [2.75, 3.05) is 13.7 Å². The molecule has 1 aliphatic heterocycles. The van der Waals surface area contributed by atoms with Crippen LogP contribution in [0.5, 0.6) is 11.5 Å². The zero-order valence-corrected chi connectivity index (χ0v) is 19.4. The topological polar surface area (TPSA) is 82.1 Å². The smallest absolute Gasteiger partial charge is 0.326 e. The second-order valence-corrected chi connectivity index (χ2v) is 8.47. The lowest BCUT2D eigenvalue weighted by molar-refractivity contribution is -0.149. The summed E-state index contributed by atoms with van der Waals surface area (Å²) in [5, 5.41) is 0.0294. The molecule has 0 atom stereocenters. The number of para-hydroxylation sites is 1. The van der Waals surface area contributed by atoms with Gasteiger partial charge in [-0.2, -0.15) is 0 Å². The van der Waals surface area contributed by atoms with Crippen LogP contribution in [0.4, 0.5) is 4.79 Å². The Bertz CT molecular complexity index is 1070. The van der Waals surface area contributed by atoms with Gasteiger partial charge in [0.25, 0.3) is 11.1 Å². The van der Waals surface area contributed by atoms with Crippen LogP contribution >= 0.6 is 23.4 Å². The molecule has 1 aliphatic rings. The van der Waals surface area contributed by atoms with Crippen molar-refractivity contribution in [3.63, 3.8) is 0 Å². The molecule has 0 aromatic heterocycles. The van der Waals surface area contributed by atoms with E-state index in [-0.39, 0.29) is 17.6 Å². The van der Waals surface area contributed by atoms with Crippen molar-refractivity contribution in [3.05, 3.63) is 63.5 Å². The monoisotopic (exact) mass is 475 g/mol. The SMILES string of the molecule is COc1cccc(/C=C2\SC(=O)N(CC(=O)OC(C)C)C2=O)c1OCc1ccccc1Cl. The van der Waals surface area contributed by atoms with Gasteiger partial charge in [-0.15, -0.1) is 0 Å². The maximum Gasteiger partial charge on any atom is 0.326 e. The van der Waals surface area contributed by atoms with Gasteiger partial charge in [0.05, 0.1) is 18.1 Å². The lowest BCUT2D eigenvalue weighted by Crippen LogP contribution is -2.35. The second kappa shape index (κ2) is 10.6. The van der Waals surface area contributed by atoms with E-state index in [1.807, 2.05) is 18.2 Å². The maximum atomic E-state index is 12.8. The average Bonchev–Trinajstić information content (AvgIpc) is 3.00. The first kappa shape index (κ1) is 23.7. The van der Waals surface area contributed by atoms with E-state index in [1.165, 1.54) is 7.11 Å². The summed E-state index contributed by atoms with van der Waals surface area (Å²) in [7, 11) is 1.51. The Balaban J connectivity index is 1.84. The molecule has 9 heteroatoms. The van der Waals surface area contributed by atoms with Crippen LogP contribution in [-0.4, -0.2) is 41.8 Å². The molecule has 3 rings (SSSR count). The van der Waals surface area contributed by atoms with Crippen molar-refractivity contribution in [1.82, 2.24) is 4.90 Å². The second-order valence-electron chi connectivity index (χ2n) is 7.07. The van der Waals surface area contributed by atoms with E-state index < -0.39 is 23.7 Å². The number of rotatable bonds is 8. The first-order chi connectivity index (χ1) is 15.3. The molecule has 2 amide bonds. The highest BCUT2D eigenvalue weighted by molar-refractivity contribution is 8.18. The van der Waals surface area contributed by atoms with Crippen molar-refractivity contribution in [2.24, 2.45) is 0 Å². The summed E-state index contributed by atoms with van der Waals surface area (Å²) < 4.78 is 16.4. The predicted molar refractivity (Wildman–Crippen MR) is 123 cm³/mol. The molecule has 0 saturated carbocycles. The highest BCUT2D eigenvalue weighted by atomic mass is 35.5. The molecular formula is C23H22ClNO6S. The molecule has 0 bridgehead atoms. The van der Waals surface area contributed by atoms with E-state index in [0.29, 0.717) is 22.1 Å². The van der Waals surface area contributed by atoms with Crippen LogP contribution in [0.25, 0.3) is 6.08 Å². The summed E-state index contributed by atoms with van der Waals surface area (Å²) >= 11 is 6.96. The fourth-order valence-electron chi connectivity index (χ4n) is 2.93. The van der Waals surface area contributed by atoms with Crippen LogP contribution in [0, 0.1) is 0 Å². The molecule has 7 nitrogen and oxygen atoms in total.